The lowest BCUT2D eigenvalue weighted by Gasteiger charge is -2.27. The molecule has 1 N–H and O–H groups in total. The molecule has 0 aliphatic heterocycles. The molecule has 0 saturated carbocycles. The standard InChI is InChI=1S/C18H19NO2/c1-21-18(11-15-9-5-6-10-16(15)12-18)13-19-17(20)14-7-3-2-4-8-14/h2-10H,11-13H2,1H3,(H,19,20). The Bertz CT molecular complexity index is 612. The van der Waals surface area contributed by atoms with Gasteiger partial charge in [-0.3, -0.25) is 4.79 Å². The monoisotopic (exact) mass is 281 g/mol. The van der Waals surface area contributed by atoms with E-state index < -0.39 is 0 Å². The first-order valence-corrected chi connectivity index (χ1v) is 7.18. The van der Waals surface area contributed by atoms with Crippen molar-refractivity contribution in [3.63, 3.8) is 0 Å². The lowest BCUT2D eigenvalue weighted by molar-refractivity contribution is 0.000177. The Morgan fingerprint density at radius 1 is 1.05 bits per heavy atom. The van der Waals surface area contributed by atoms with Gasteiger partial charge in [-0.1, -0.05) is 42.5 Å². The summed E-state index contributed by atoms with van der Waals surface area (Å²) in [4.78, 5) is 12.2. The summed E-state index contributed by atoms with van der Waals surface area (Å²) < 4.78 is 5.75. The third-order valence-electron chi connectivity index (χ3n) is 4.18. The molecule has 2 aromatic rings. The highest BCUT2D eigenvalue weighted by molar-refractivity contribution is 5.94. The second-order valence-electron chi connectivity index (χ2n) is 5.56. The number of nitrogens with one attached hydrogen (secondary N) is 1. The molecule has 2 aromatic carbocycles. The summed E-state index contributed by atoms with van der Waals surface area (Å²) >= 11 is 0. The number of fused-ring (bicyclic) bond motifs is 1. The average Bonchev–Trinajstić information content (AvgIpc) is 2.92. The Labute approximate surface area is 124 Å². The molecule has 0 heterocycles. The molecule has 1 aliphatic rings. The van der Waals surface area contributed by atoms with E-state index in [1.807, 2.05) is 42.5 Å². The van der Waals surface area contributed by atoms with Gasteiger partial charge in [-0.25, -0.2) is 0 Å². The fourth-order valence-corrected chi connectivity index (χ4v) is 2.93. The number of ether oxygens (including phenoxy) is 1. The van der Waals surface area contributed by atoms with Gasteiger partial charge in [0.1, 0.15) is 0 Å². The van der Waals surface area contributed by atoms with Gasteiger partial charge in [0.15, 0.2) is 0 Å². The van der Waals surface area contributed by atoms with Crippen LogP contribution in [0.1, 0.15) is 21.5 Å². The topological polar surface area (TPSA) is 38.3 Å². The Morgan fingerprint density at radius 2 is 1.62 bits per heavy atom. The molecule has 21 heavy (non-hydrogen) atoms. The number of methoxy groups -OCH3 is 1. The summed E-state index contributed by atoms with van der Waals surface area (Å²) in [6, 6.07) is 17.6. The first kappa shape index (κ1) is 13.8. The van der Waals surface area contributed by atoms with Crippen molar-refractivity contribution in [1.82, 2.24) is 5.32 Å². The smallest absolute Gasteiger partial charge is 0.251 e. The molecule has 0 unspecified atom stereocenters. The summed E-state index contributed by atoms with van der Waals surface area (Å²) in [6.07, 6.45) is 1.68. The molecule has 3 nitrogen and oxygen atoms in total. The summed E-state index contributed by atoms with van der Waals surface area (Å²) in [5.74, 6) is -0.0528. The quantitative estimate of drug-likeness (QED) is 0.935. The molecule has 0 radical (unpaired) electrons. The fourth-order valence-electron chi connectivity index (χ4n) is 2.93. The van der Waals surface area contributed by atoms with Gasteiger partial charge in [-0.2, -0.15) is 0 Å². The molecule has 0 saturated heterocycles. The normalized spacial score (nSPS) is 15.5. The van der Waals surface area contributed by atoms with Crippen molar-refractivity contribution in [2.75, 3.05) is 13.7 Å². The van der Waals surface area contributed by atoms with E-state index in [0.717, 1.165) is 12.8 Å². The van der Waals surface area contributed by atoms with Crippen LogP contribution >= 0.6 is 0 Å². The fraction of sp³-hybridized carbons (Fsp3) is 0.278. The zero-order valence-electron chi connectivity index (χ0n) is 12.1. The van der Waals surface area contributed by atoms with Gasteiger partial charge < -0.3 is 10.1 Å². The summed E-state index contributed by atoms with van der Waals surface area (Å²) in [7, 11) is 1.72. The number of amides is 1. The van der Waals surface area contributed by atoms with E-state index in [1.54, 1.807) is 7.11 Å². The number of benzene rings is 2. The lowest BCUT2D eigenvalue weighted by Crippen LogP contribution is -2.45. The third-order valence-corrected chi connectivity index (χ3v) is 4.18. The molecule has 0 fully saturated rings. The molecule has 0 aromatic heterocycles. The van der Waals surface area contributed by atoms with Crippen molar-refractivity contribution in [3.8, 4) is 0 Å². The second-order valence-corrected chi connectivity index (χ2v) is 5.56. The van der Waals surface area contributed by atoms with Crippen molar-refractivity contribution in [1.29, 1.82) is 0 Å². The summed E-state index contributed by atoms with van der Waals surface area (Å²) in [5.41, 5.74) is 2.98. The van der Waals surface area contributed by atoms with Crippen molar-refractivity contribution < 1.29 is 9.53 Å². The summed E-state index contributed by atoms with van der Waals surface area (Å²) in [5, 5.41) is 3.00. The van der Waals surface area contributed by atoms with Gasteiger partial charge in [-0.05, 0) is 23.3 Å². The molecule has 0 spiro atoms. The van der Waals surface area contributed by atoms with E-state index in [0.29, 0.717) is 12.1 Å². The molecule has 108 valence electrons. The maximum absolute atomic E-state index is 12.2. The van der Waals surface area contributed by atoms with Crippen molar-refractivity contribution in [2.24, 2.45) is 0 Å². The van der Waals surface area contributed by atoms with Crippen LogP contribution in [0.5, 0.6) is 0 Å². The maximum Gasteiger partial charge on any atom is 0.251 e. The van der Waals surface area contributed by atoms with E-state index in [-0.39, 0.29) is 11.5 Å². The first-order valence-electron chi connectivity index (χ1n) is 7.18. The molecule has 0 atom stereocenters. The van der Waals surface area contributed by atoms with Crippen LogP contribution in [0.25, 0.3) is 0 Å². The van der Waals surface area contributed by atoms with Crippen molar-refractivity contribution >= 4 is 5.91 Å². The predicted molar refractivity (Wildman–Crippen MR) is 82.4 cm³/mol. The number of carbonyl (C=O) groups excluding carboxylic acids is 1. The number of hydrogen-bond donors (Lipinski definition) is 1. The van der Waals surface area contributed by atoms with Crippen molar-refractivity contribution in [3.05, 3.63) is 71.3 Å². The van der Waals surface area contributed by atoms with Crippen LogP contribution < -0.4 is 5.32 Å². The molecule has 3 rings (SSSR count). The summed E-state index contributed by atoms with van der Waals surface area (Å²) in [6.45, 7) is 0.520. The zero-order valence-corrected chi connectivity index (χ0v) is 12.1. The van der Waals surface area contributed by atoms with Gasteiger partial charge in [0.2, 0.25) is 0 Å². The Balaban J connectivity index is 1.68. The lowest BCUT2D eigenvalue weighted by atomic mass is 10.00. The minimum Gasteiger partial charge on any atom is -0.376 e. The largest absolute Gasteiger partial charge is 0.376 e. The Morgan fingerprint density at radius 3 is 2.19 bits per heavy atom. The first-order chi connectivity index (χ1) is 10.2. The molecular formula is C18H19NO2. The highest BCUT2D eigenvalue weighted by Crippen LogP contribution is 2.32. The van der Waals surface area contributed by atoms with Gasteiger partial charge >= 0.3 is 0 Å². The average molecular weight is 281 g/mol. The minimum absolute atomic E-state index is 0.0528. The molecule has 1 amide bonds. The van der Waals surface area contributed by atoms with Crippen LogP contribution in [0, 0.1) is 0 Å². The van der Waals surface area contributed by atoms with Crippen LogP contribution in [0.15, 0.2) is 54.6 Å². The molecule has 0 bridgehead atoms. The van der Waals surface area contributed by atoms with Crippen molar-refractivity contribution in [2.45, 2.75) is 18.4 Å². The van der Waals surface area contributed by atoms with Gasteiger partial charge in [-0.15, -0.1) is 0 Å². The highest BCUT2D eigenvalue weighted by atomic mass is 16.5. The molecular weight excluding hydrogens is 262 g/mol. The van der Waals surface area contributed by atoms with E-state index in [2.05, 4.69) is 17.4 Å². The highest BCUT2D eigenvalue weighted by Gasteiger charge is 2.37. The number of carbonyl (C=O) groups is 1. The van der Waals surface area contributed by atoms with Crippen LogP contribution in [-0.4, -0.2) is 25.2 Å². The van der Waals surface area contributed by atoms with E-state index >= 15 is 0 Å². The van der Waals surface area contributed by atoms with Gasteiger partial charge in [0.25, 0.3) is 5.91 Å². The maximum atomic E-state index is 12.2. The van der Waals surface area contributed by atoms with Crippen LogP contribution in [-0.2, 0) is 17.6 Å². The second kappa shape index (κ2) is 5.70. The van der Waals surface area contributed by atoms with Crippen LogP contribution in [0.3, 0.4) is 0 Å². The predicted octanol–water partition coefficient (Wildman–Crippen LogP) is 2.60. The number of hydrogen-bond acceptors (Lipinski definition) is 2. The third kappa shape index (κ3) is 2.83. The minimum atomic E-state index is -0.325. The Kier molecular flexibility index (Phi) is 3.76. The van der Waals surface area contributed by atoms with Crippen LogP contribution in [0.4, 0.5) is 0 Å². The van der Waals surface area contributed by atoms with Gasteiger partial charge in [0.05, 0.1) is 5.60 Å². The number of rotatable bonds is 4. The molecule has 3 heteroatoms. The van der Waals surface area contributed by atoms with E-state index in [1.165, 1.54) is 11.1 Å². The van der Waals surface area contributed by atoms with E-state index in [9.17, 15) is 4.79 Å². The van der Waals surface area contributed by atoms with Gasteiger partial charge in [0, 0.05) is 32.1 Å². The van der Waals surface area contributed by atoms with E-state index in [4.69, 9.17) is 4.74 Å². The SMILES string of the molecule is COC1(CNC(=O)c2ccccc2)Cc2ccccc2C1. The zero-order chi connectivity index (χ0) is 14.7. The Hall–Kier alpha value is -2.13. The molecule has 1 aliphatic carbocycles. The van der Waals surface area contributed by atoms with Crippen LogP contribution in [0.2, 0.25) is 0 Å².